The SMILES string of the molecule is CCNC1(CC(=O)OC)CCN(C(C)C)C1. The van der Waals surface area contributed by atoms with Crippen molar-refractivity contribution in [3.8, 4) is 0 Å². The second-order valence-corrected chi connectivity index (χ2v) is 4.88. The number of carbonyl (C=O) groups is 1. The third kappa shape index (κ3) is 3.19. The second kappa shape index (κ2) is 5.64. The zero-order valence-electron chi connectivity index (χ0n) is 10.9. The monoisotopic (exact) mass is 228 g/mol. The molecule has 1 aliphatic heterocycles. The van der Waals surface area contributed by atoms with Gasteiger partial charge in [-0.15, -0.1) is 0 Å². The van der Waals surface area contributed by atoms with Crippen LogP contribution in [0.3, 0.4) is 0 Å². The lowest BCUT2D eigenvalue weighted by Gasteiger charge is -2.30. The minimum absolute atomic E-state index is 0.0773. The highest BCUT2D eigenvalue weighted by molar-refractivity contribution is 5.70. The molecule has 0 saturated carbocycles. The first-order chi connectivity index (χ1) is 7.53. The number of hydrogen-bond donors (Lipinski definition) is 1. The number of likely N-dealkylation sites (tertiary alicyclic amines) is 1. The van der Waals surface area contributed by atoms with Crippen LogP contribution in [0.5, 0.6) is 0 Å². The lowest BCUT2D eigenvalue weighted by Crippen LogP contribution is -2.49. The molecule has 1 fully saturated rings. The van der Waals surface area contributed by atoms with Crippen molar-refractivity contribution in [3.63, 3.8) is 0 Å². The third-order valence-electron chi connectivity index (χ3n) is 3.38. The van der Waals surface area contributed by atoms with Crippen LogP contribution in [-0.4, -0.2) is 49.2 Å². The smallest absolute Gasteiger partial charge is 0.307 e. The molecule has 0 spiro atoms. The molecule has 1 saturated heterocycles. The number of nitrogens with zero attached hydrogens (tertiary/aromatic N) is 1. The highest BCUT2D eigenvalue weighted by Gasteiger charge is 2.40. The zero-order chi connectivity index (χ0) is 12.2. The first-order valence-corrected chi connectivity index (χ1v) is 6.09. The molecule has 1 heterocycles. The molecule has 1 N–H and O–H groups in total. The maximum Gasteiger partial charge on any atom is 0.307 e. The quantitative estimate of drug-likeness (QED) is 0.713. The Morgan fingerprint density at radius 1 is 1.56 bits per heavy atom. The van der Waals surface area contributed by atoms with Gasteiger partial charge in [0.25, 0.3) is 0 Å². The van der Waals surface area contributed by atoms with E-state index in [1.165, 1.54) is 7.11 Å². The Hall–Kier alpha value is -0.610. The van der Waals surface area contributed by atoms with E-state index in [-0.39, 0.29) is 11.5 Å². The van der Waals surface area contributed by atoms with Crippen LogP contribution >= 0.6 is 0 Å². The molecule has 1 aliphatic rings. The van der Waals surface area contributed by atoms with Crippen molar-refractivity contribution in [2.75, 3.05) is 26.7 Å². The van der Waals surface area contributed by atoms with E-state index in [9.17, 15) is 4.79 Å². The average molecular weight is 228 g/mol. The first-order valence-electron chi connectivity index (χ1n) is 6.09. The van der Waals surface area contributed by atoms with Crippen LogP contribution in [0.25, 0.3) is 0 Å². The topological polar surface area (TPSA) is 41.6 Å². The standard InChI is InChI=1S/C12H24N2O2/c1-5-13-12(8-11(15)16-4)6-7-14(9-12)10(2)3/h10,13H,5-9H2,1-4H3. The fraction of sp³-hybridized carbons (Fsp3) is 0.917. The first kappa shape index (κ1) is 13.5. The van der Waals surface area contributed by atoms with Crippen LogP contribution in [0.15, 0.2) is 0 Å². The summed E-state index contributed by atoms with van der Waals surface area (Å²) < 4.78 is 4.78. The van der Waals surface area contributed by atoms with Crippen LogP contribution in [0.2, 0.25) is 0 Å². The van der Waals surface area contributed by atoms with Crippen LogP contribution < -0.4 is 5.32 Å². The molecular weight excluding hydrogens is 204 g/mol. The Kier molecular flexibility index (Phi) is 4.74. The molecule has 0 aromatic heterocycles. The lowest BCUT2D eigenvalue weighted by atomic mass is 9.94. The van der Waals surface area contributed by atoms with Gasteiger partial charge >= 0.3 is 5.97 Å². The van der Waals surface area contributed by atoms with Gasteiger partial charge in [0.1, 0.15) is 0 Å². The Labute approximate surface area is 98.3 Å². The van der Waals surface area contributed by atoms with E-state index in [1.54, 1.807) is 0 Å². The minimum Gasteiger partial charge on any atom is -0.469 e. The summed E-state index contributed by atoms with van der Waals surface area (Å²) in [6.45, 7) is 9.36. The molecule has 1 rings (SSSR count). The third-order valence-corrected chi connectivity index (χ3v) is 3.38. The van der Waals surface area contributed by atoms with E-state index in [4.69, 9.17) is 4.74 Å². The number of likely N-dealkylation sites (N-methyl/N-ethyl adjacent to an activating group) is 1. The molecule has 0 amide bonds. The molecule has 94 valence electrons. The van der Waals surface area contributed by atoms with Gasteiger partial charge in [-0.1, -0.05) is 6.92 Å². The molecular formula is C12H24N2O2. The van der Waals surface area contributed by atoms with Crippen molar-refractivity contribution in [3.05, 3.63) is 0 Å². The number of nitrogens with one attached hydrogen (secondary N) is 1. The van der Waals surface area contributed by atoms with Gasteiger partial charge in [-0.3, -0.25) is 9.69 Å². The molecule has 0 aromatic carbocycles. The van der Waals surface area contributed by atoms with Crippen molar-refractivity contribution >= 4 is 5.97 Å². The number of rotatable bonds is 5. The fourth-order valence-corrected chi connectivity index (χ4v) is 2.42. The summed E-state index contributed by atoms with van der Waals surface area (Å²) in [5, 5.41) is 3.47. The Bertz CT molecular complexity index is 243. The van der Waals surface area contributed by atoms with Gasteiger partial charge in [-0.2, -0.15) is 0 Å². The zero-order valence-corrected chi connectivity index (χ0v) is 10.9. The summed E-state index contributed by atoms with van der Waals surface area (Å²) in [5.41, 5.74) is -0.0773. The van der Waals surface area contributed by atoms with Crippen molar-refractivity contribution in [2.24, 2.45) is 0 Å². The average Bonchev–Trinajstić information content (AvgIpc) is 2.63. The predicted octanol–water partition coefficient (Wildman–Crippen LogP) is 1.01. The van der Waals surface area contributed by atoms with E-state index in [0.29, 0.717) is 12.5 Å². The number of ether oxygens (including phenoxy) is 1. The summed E-state index contributed by atoms with van der Waals surface area (Å²) >= 11 is 0. The normalized spacial score (nSPS) is 26.3. The number of methoxy groups -OCH3 is 1. The minimum atomic E-state index is -0.119. The van der Waals surface area contributed by atoms with Gasteiger partial charge in [0.2, 0.25) is 0 Å². The molecule has 1 atom stereocenters. The summed E-state index contributed by atoms with van der Waals surface area (Å²) in [6.07, 6.45) is 1.49. The van der Waals surface area contributed by atoms with E-state index in [0.717, 1.165) is 26.1 Å². The van der Waals surface area contributed by atoms with E-state index in [2.05, 4.69) is 31.0 Å². The van der Waals surface area contributed by atoms with Gasteiger partial charge in [0.05, 0.1) is 13.5 Å². The molecule has 0 aromatic rings. The van der Waals surface area contributed by atoms with Gasteiger partial charge in [-0.25, -0.2) is 0 Å². The highest BCUT2D eigenvalue weighted by atomic mass is 16.5. The molecule has 0 radical (unpaired) electrons. The fourth-order valence-electron chi connectivity index (χ4n) is 2.42. The van der Waals surface area contributed by atoms with Crippen molar-refractivity contribution in [2.45, 2.75) is 45.2 Å². The summed E-state index contributed by atoms with van der Waals surface area (Å²) in [7, 11) is 1.46. The Morgan fingerprint density at radius 2 is 2.25 bits per heavy atom. The summed E-state index contributed by atoms with van der Waals surface area (Å²) in [5.74, 6) is -0.119. The van der Waals surface area contributed by atoms with Crippen molar-refractivity contribution < 1.29 is 9.53 Å². The molecule has 4 nitrogen and oxygen atoms in total. The summed E-state index contributed by atoms with van der Waals surface area (Å²) in [6, 6.07) is 0.540. The molecule has 0 bridgehead atoms. The molecule has 0 aliphatic carbocycles. The Balaban J connectivity index is 2.64. The van der Waals surface area contributed by atoms with Crippen LogP contribution in [0.1, 0.15) is 33.6 Å². The molecule has 4 heteroatoms. The Morgan fingerprint density at radius 3 is 2.69 bits per heavy atom. The highest BCUT2D eigenvalue weighted by Crippen LogP contribution is 2.26. The van der Waals surface area contributed by atoms with Gasteiger partial charge in [-0.05, 0) is 26.8 Å². The largest absolute Gasteiger partial charge is 0.469 e. The van der Waals surface area contributed by atoms with E-state index in [1.807, 2.05) is 0 Å². The van der Waals surface area contributed by atoms with Crippen LogP contribution in [0.4, 0.5) is 0 Å². The van der Waals surface area contributed by atoms with Crippen molar-refractivity contribution in [1.82, 2.24) is 10.2 Å². The van der Waals surface area contributed by atoms with Gasteiger partial charge in [0.15, 0.2) is 0 Å². The van der Waals surface area contributed by atoms with Gasteiger partial charge in [0, 0.05) is 24.7 Å². The van der Waals surface area contributed by atoms with Crippen LogP contribution in [-0.2, 0) is 9.53 Å². The van der Waals surface area contributed by atoms with Crippen molar-refractivity contribution in [1.29, 1.82) is 0 Å². The van der Waals surface area contributed by atoms with E-state index >= 15 is 0 Å². The molecule has 1 unspecified atom stereocenters. The molecule has 16 heavy (non-hydrogen) atoms. The maximum absolute atomic E-state index is 11.4. The lowest BCUT2D eigenvalue weighted by molar-refractivity contribution is -0.142. The maximum atomic E-state index is 11.4. The van der Waals surface area contributed by atoms with Gasteiger partial charge < -0.3 is 10.1 Å². The predicted molar refractivity (Wildman–Crippen MR) is 64.4 cm³/mol. The second-order valence-electron chi connectivity index (χ2n) is 4.88. The number of hydrogen-bond acceptors (Lipinski definition) is 4. The number of carbonyl (C=O) groups excluding carboxylic acids is 1. The van der Waals surface area contributed by atoms with E-state index < -0.39 is 0 Å². The number of esters is 1. The summed E-state index contributed by atoms with van der Waals surface area (Å²) in [4.78, 5) is 13.9. The van der Waals surface area contributed by atoms with Crippen LogP contribution in [0, 0.1) is 0 Å².